The molecule has 4 amide bonds. The number of hydrogen-bond acceptors (Lipinski definition) is 10. The van der Waals surface area contributed by atoms with E-state index in [0.717, 1.165) is 12.0 Å². The molecule has 0 saturated carbocycles. The molecule has 0 spiro atoms. The van der Waals surface area contributed by atoms with Crippen molar-refractivity contribution in [2.75, 3.05) is 49.9 Å². The fraction of sp³-hybridized carbons (Fsp3) is 0.318. The summed E-state index contributed by atoms with van der Waals surface area (Å²) in [6, 6.07) is 26.8. The van der Waals surface area contributed by atoms with Crippen molar-refractivity contribution in [2.45, 2.75) is 49.8 Å². The first-order valence-electron chi connectivity index (χ1n) is 20.4. The van der Waals surface area contributed by atoms with Gasteiger partial charge in [-0.25, -0.2) is 17.9 Å². The van der Waals surface area contributed by atoms with Crippen LogP contribution in [0.1, 0.15) is 34.2 Å². The van der Waals surface area contributed by atoms with Gasteiger partial charge in [-0.2, -0.15) is 13.2 Å². The molecule has 21 heteroatoms. The van der Waals surface area contributed by atoms with Gasteiger partial charge in [-0.1, -0.05) is 78.9 Å². The Balaban J connectivity index is 0.00000105. The average Bonchev–Trinajstić information content (AvgIpc) is 3.47. The van der Waals surface area contributed by atoms with Crippen LogP contribution in [0.2, 0.25) is 0 Å². The monoisotopic (exact) mass is 921 g/mol. The number of anilines is 2. The van der Waals surface area contributed by atoms with Gasteiger partial charge in [0, 0.05) is 43.0 Å². The number of halogens is 3. The molecule has 0 radical (unpaired) electrons. The first-order valence-corrected chi connectivity index (χ1v) is 22.0. The highest BCUT2D eigenvalue weighted by atomic mass is 32.2. The molecular formula is C44H50F3N9O8S. The maximum absolute atomic E-state index is 14.2. The molecule has 5 aliphatic rings. The molecule has 2 unspecified atom stereocenters. The number of nitrogen functional groups attached to an aromatic ring is 1. The molecule has 4 aromatic rings. The maximum atomic E-state index is 14.2. The van der Waals surface area contributed by atoms with E-state index in [1.165, 1.54) is 0 Å². The summed E-state index contributed by atoms with van der Waals surface area (Å²) < 4.78 is 61.4. The second kappa shape index (κ2) is 22.8. The Morgan fingerprint density at radius 1 is 0.754 bits per heavy atom. The van der Waals surface area contributed by atoms with Crippen LogP contribution in [0.5, 0.6) is 0 Å². The number of carboxylic acids is 1. The van der Waals surface area contributed by atoms with Crippen molar-refractivity contribution in [1.82, 2.24) is 25.2 Å². The normalized spacial score (nSPS) is 19.8. The number of amides is 4. The van der Waals surface area contributed by atoms with Crippen LogP contribution >= 0.6 is 0 Å². The summed E-state index contributed by atoms with van der Waals surface area (Å²) >= 11 is 0. The topological polar surface area (TPSA) is 256 Å². The largest absolute Gasteiger partial charge is 0.490 e. The van der Waals surface area contributed by atoms with E-state index in [2.05, 4.69) is 35.8 Å². The Kier molecular flexibility index (Phi) is 17.3. The second-order valence-corrected chi connectivity index (χ2v) is 17.2. The third-order valence-electron chi connectivity index (χ3n) is 10.2. The molecule has 65 heavy (non-hydrogen) atoms. The van der Waals surface area contributed by atoms with Gasteiger partial charge in [0.2, 0.25) is 33.7 Å². The Morgan fingerprint density at radius 2 is 1.26 bits per heavy atom. The molecule has 5 aliphatic heterocycles. The third kappa shape index (κ3) is 16.4. The molecule has 6 bridgehead atoms. The SMILES string of the molecule is N=C(N)c1ccc(CNC(=O)[C@@H]2Cc3ccc(cc3)NC(=O)CN3CCCN(CC3)CC(=O)Nc3ccc(cc3)C[C@@H](NS(=O)(=O)Cc3ccccc3)C(=O)N2)cc1.O=C(O)C(F)(F)F. The van der Waals surface area contributed by atoms with Gasteiger partial charge in [0.1, 0.15) is 17.9 Å². The van der Waals surface area contributed by atoms with Crippen molar-refractivity contribution in [3.8, 4) is 0 Å². The number of hydrogen-bond donors (Lipinski definition) is 8. The zero-order chi connectivity index (χ0) is 47.1. The Labute approximate surface area is 373 Å². The van der Waals surface area contributed by atoms with Crippen molar-refractivity contribution >= 4 is 56.8 Å². The van der Waals surface area contributed by atoms with E-state index in [-0.39, 0.29) is 55.9 Å². The number of nitrogens with zero attached hydrogens (tertiary/aromatic N) is 2. The van der Waals surface area contributed by atoms with Crippen molar-refractivity contribution in [2.24, 2.45) is 5.73 Å². The van der Waals surface area contributed by atoms with Crippen LogP contribution < -0.4 is 31.7 Å². The van der Waals surface area contributed by atoms with Crippen LogP contribution in [-0.2, 0) is 59.1 Å². The van der Waals surface area contributed by atoms with Gasteiger partial charge in [-0.3, -0.25) is 34.4 Å². The maximum Gasteiger partial charge on any atom is 0.490 e. The standard InChI is InChI=1S/C42H49N9O6S.C2HF3O2/c43-40(44)33-13-7-31(8-14-33)25-45-41(54)36-23-29-9-15-34(16-10-29)46-38(52)26-50-19-4-20-51(22-21-50)27-39(53)47-35-17-11-30(12-18-35)24-37(42(55)48-36)49-58(56,57)28-32-5-2-1-3-6-32;3-2(4,5)1(6)7/h1-3,5-18,36-37,49H,4,19-28H2,(H3,43,44)(H,45,54)(H,46,52)(H,47,53)(H,48,55);(H,6,7)/t36-,37+;/m0./s1. The molecule has 346 valence electrons. The molecular weight excluding hydrogens is 872 g/mol. The van der Waals surface area contributed by atoms with Crippen LogP contribution in [0.15, 0.2) is 103 Å². The molecule has 1 fully saturated rings. The highest BCUT2D eigenvalue weighted by molar-refractivity contribution is 7.88. The molecule has 0 aliphatic carbocycles. The van der Waals surface area contributed by atoms with Gasteiger partial charge in [-0.05, 0) is 72.5 Å². The number of amidine groups is 1. The number of carboxylic acid groups (broad SMARTS) is 1. The van der Waals surface area contributed by atoms with E-state index < -0.39 is 46.1 Å². The van der Waals surface area contributed by atoms with Crippen molar-refractivity contribution in [3.05, 3.63) is 131 Å². The first kappa shape index (κ1) is 49.3. The number of carbonyl (C=O) groups is 5. The number of sulfonamides is 1. The summed E-state index contributed by atoms with van der Waals surface area (Å²) in [6.07, 6.45) is -4.28. The summed E-state index contributed by atoms with van der Waals surface area (Å²) in [6.45, 7) is 3.16. The minimum atomic E-state index is -5.08. The van der Waals surface area contributed by atoms with Crippen molar-refractivity contribution in [3.63, 3.8) is 0 Å². The third-order valence-corrected chi connectivity index (χ3v) is 11.6. The lowest BCUT2D eigenvalue weighted by molar-refractivity contribution is -0.192. The quantitative estimate of drug-likeness (QED) is 0.0942. The average molecular weight is 922 g/mol. The number of benzene rings is 4. The van der Waals surface area contributed by atoms with E-state index >= 15 is 0 Å². The van der Waals surface area contributed by atoms with Crippen LogP contribution in [0.3, 0.4) is 0 Å². The van der Waals surface area contributed by atoms with E-state index in [1.807, 2.05) is 0 Å². The van der Waals surface area contributed by atoms with E-state index in [9.17, 15) is 40.8 Å². The summed E-state index contributed by atoms with van der Waals surface area (Å²) in [5.74, 6) is -4.81. The Bertz CT molecular complexity index is 2410. The number of nitrogens with two attached hydrogens (primary N) is 1. The number of aliphatic carboxylic acids is 1. The summed E-state index contributed by atoms with van der Waals surface area (Å²) in [5.41, 5.74) is 9.80. The molecule has 5 heterocycles. The van der Waals surface area contributed by atoms with Gasteiger partial charge in [-0.15, -0.1) is 0 Å². The summed E-state index contributed by atoms with van der Waals surface area (Å²) in [4.78, 5) is 67.2. The van der Waals surface area contributed by atoms with Gasteiger partial charge in [0.25, 0.3) is 0 Å². The van der Waals surface area contributed by atoms with E-state index in [0.29, 0.717) is 59.8 Å². The molecule has 4 atom stereocenters. The Hall–Kier alpha value is -6.68. The molecule has 17 nitrogen and oxygen atoms in total. The fourth-order valence-corrected chi connectivity index (χ4v) is 8.24. The van der Waals surface area contributed by atoms with Gasteiger partial charge in [0.05, 0.1) is 18.8 Å². The van der Waals surface area contributed by atoms with Gasteiger partial charge >= 0.3 is 12.1 Å². The summed E-state index contributed by atoms with van der Waals surface area (Å²) in [7, 11) is -4.06. The lowest BCUT2D eigenvalue weighted by Gasteiger charge is -2.24. The van der Waals surface area contributed by atoms with Crippen molar-refractivity contribution in [1.29, 1.82) is 5.41 Å². The van der Waals surface area contributed by atoms with Crippen LogP contribution in [-0.4, -0.2) is 116 Å². The Morgan fingerprint density at radius 3 is 1.75 bits per heavy atom. The predicted molar refractivity (Wildman–Crippen MR) is 236 cm³/mol. The lowest BCUT2D eigenvalue weighted by Crippen LogP contribution is -2.55. The number of rotatable bonds is 8. The highest BCUT2D eigenvalue weighted by Crippen LogP contribution is 2.17. The number of carbonyl (C=O) groups excluding carboxylic acids is 4. The minimum Gasteiger partial charge on any atom is -0.475 e. The fourth-order valence-electron chi connectivity index (χ4n) is 6.90. The predicted octanol–water partition coefficient (Wildman–Crippen LogP) is 2.58. The molecule has 4 aromatic carbocycles. The van der Waals surface area contributed by atoms with Crippen LogP contribution in [0.4, 0.5) is 24.5 Å². The number of nitrogens with one attached hydrogen (secondary N) is 6. The van der Waals surface area contributed by atoms with E-state index in [1.54, 1.807) is 103 Å². The van der Waals surface area contributed by atoms with Crippen LogP contribution in [0.25, 0.3) is 0 Å². The molecule has 9 N–H and O–H groups in total. The van der Waals surface area contributed by atoms with Gasteiger partial charge in [0.15, 0.2) is 0 Å². The zero-order valence-corrected chi connectivity index (χ0v) is 35.9. The minimum absolute atomic E-state index is 0.0520. The molecule has 9 rings (SSSR count). The smallest absolute Gasteiger partial charge is 0.475 e. The van der Waals surface area contributed by atoms with Crippen molar-refractivity contribution < 1.29 is 50.7 Å². The lowest BCUT2D eigenvalue weighted by atomic mass is 10.0. The van der Waals surface area contributed by atoms with Crippen LogP contribution in [0, 0.1) is 5.41 Å². The summed E-state index contributed by atoms with van der Waals surface area (Å²) in [5, 5.41) is 26.3. The first-order chi connectivity index (χ1) is 30.8. The number of alkyl halides is 3. The van der Waals surface area contributed by atoms with E-state index in [4.69, 9.17) is 21.0 Å². The highest BCUT2D eigenvalue weighted by Gasteiger charge is 2.38. The molecule has 0 aromatic heterocycles. The second-order valence-electron chi connectivity index (χ2n) is 15.4. The van der Waals surface area contributed by atoms with Gasteiger partial charge < -0.3 is 32.1 Å². The zero-order valence-electron chi connectivity index (χ0n) is 35.1. The molecule has 1 saturated heterocycles.